The SMILES string of the molecule is COC1C(=O)[C@]2(C)C(OC)CC3OCC3(OC(C)=O)C2C(OC(=O)c2ccccc2)C2(O)CC(O)C(C)=C1C2(C)C. The summed E-state index contributed by atoms with van der Waals surface area (Å²) in [7, 11) is 2.89. The van der Waals surface area contributed by atoms with Crippen LogP contribution in [0.4, 0.5) is 0 Å². The molecule has 3 fully saturated rings. The lowest BCUT2D eigenvalue weighted by Crippen LogP contribution is -2.82. The van der Waals surface area contributed by atoms with Crippen molar-refractivity contribution in [2.75, 3.05) is 20.8 Å². The van der Waals surface area contributed by atoms with Gasteiger partial charge in [0.25, 0.3) is 0 Å². The fraction of sp³-hybridized carbons (Fsp3) is 0.645. The first-order valence-electron chi connectivity index (χ1n) is 14.0. The number of rotatable bonds is 5. The highest BCUT2D eigenvalue weighted by atomic mass is 16.6. The zero-order chi connectivity index (χ0) is 30.1. The average Bonchev–Trinajstić information content (AvgIpc) is 2.91. The van der Waals surface area contributed by atoms with E-state index in [4.69, 9.17) is 23.7 Å². The maximum absolute atomic E-state index is 14.9. The first-order valence-corrected chi connectivity index (χ1v) is 14.0. The van der Waals surface area contributed by atoms with Gasteiger partial charge in [-0.05, 0) is 37.1 Å². The van der Waals surface area contributed by atoms with Gasteiger partial charge in [-0.1, -0.05) is 32.0 Å². The normalized spacial score (nSPS) is 41.2. The summed E-state index contributed by atoms with van der Waals surface area (Å²) in [6, 6.07) is 8.32. The third-order valence-electron chi connectivity index (χ3n) is 10.4. The van der Waals surface area contributed by atoms with Gasteiger partial charge in [-0.25, -0.2) is 4.79 Å². The molecule has 10 nitrogen and oxygen atoms in total. The first kappa shape index (κ1) is 29.8. The average molecular weight is 573 g/mol. The summed E-state index contributed by atoms with van der Waals surface area (Å²) in [5.41, 5.74) is -4.88. The molecule has 10 heteroatoms. The number of ketones is 1. The molecule has 1 saturated heterocycles. The van der Waals surface area contributed by atoms with Crippen molar-refractivity contribution in [2.24, 2.45) is 16.7 Å². The molecule has 1 aromatic rings. The predicted molar refractivity (Wildman–Crippen MR) is 145 cm³/mol. The number of methoxy groups -OCH3 is 2. The minimum atomic E-state index is -1.93. The van der Waals surface area contributed by atoms with E-state index in [0.29, 0.717) is 11.1 Å². The number of carbonyl (C=O) groups excluding carboxylic acids is 3. The van der Waals surface area contributed by atoms with Crippen molar-refractivity contribution in [3.05, 3.63) is 47.0 Å². The molecule has 0 aromatic heterocycles. The van der Waals surface area contributed by atoms with Crippen LogP contribution in [0, 0.1) is 16.7 Å². The van der Waals surface area contributed by atoms with E-state index >= 15 is 0 Å². The van der Waals surface area contributed by atoms with Crippen molar-refractivity contribution in [1.29, 1.82) is 0 Å². The number of Topliss-reactive ketones (excluding diaryl/α,β-unsaturated/α-hetero) is 1. The van der Waals surface area contributed by atoms with Crippen LogP contribution in [0.5, 0.6) is 0 Å². The zero-order valence-corrected chi connectivity index (χ0v) is 24.6. The molecular formula is C31H40O10. The summed E-state index contributed by atoms with van der Waals surface area (Å²) < 4.78 is 30.1. The molecule has 41 heavy (non-hydrogen) atoms. The number of carbonyl (C=O) groups is 3. The minimum Gasteiger partial charge on any atom is -0.455 e. The van der Waals surface area contributed by atoms with Gasteiger partial charge in [0.2, 0.25) is 0 Å². The van der Waals surface area contributed by atoms with Gasteiger partial charge in [0.1, 0.15) is 23.9 Å². The number of benzene rings is 1. The molecule has 1 heterocycles. The third kappa shape index (κ3) is 3.98. The lowest BCUT2D eigenvalue weighted by molar-refractivity contribution is -0.347. The Morgan fingerprint density at radius 3 is 2.27 bits per heavy atom. The Bertz CT molecular complexity index is 1270. The van der Waals surface area contributed by atoms with Crippen LogP contribution in [0.3, 0.4) is 0 Å². The molecule has 1 aliphatic heterocycles. The van der Waals surface area contributed by atoms with Crippen molar-refractivity contribution < 1.29 is 48.3 Å². The van der Waals surface area contributed by atoms with Crippen LogP contribution in [0.15, 0.2) is 41.5 Å². The Balaban J connectivity index is 1.84. The van der Waals surface area contributed by atoms with Crippen LogP contribution in [0.2, 0.25) is 0 Å². The quantitative estimate of drug-likeness (QED) is 0.400. The summed E-state index contributed by atoms with van der Waals surface area (Å²) in [6.45, 7) is 8.13. The molecule has 1 aromatic carbocycles. The van der Waals surface area contributed by atoms with Gasteiger partial charge in [0.05, 0.1) is 35.7 Å². The number of hydrogen-bond donors (Lipinski definition) is 2. The number of hydrogen-bond acceptors (Lipinski definition) is 10. The lowest BCUT2D eigenvalue weighted by atomic mass is 9.44. The highest BCUT2D eigenvalue weighted by Gasteiger charge is 2.78. The summed E-state index contributed by atoms with van der Waals surface area (Å²) in [5.74, 6) is -2.83. The van der Waals surface area contributed by atoms with Crippen molar-refractivity contribution in [3.63, 3.8) is 0 Å². The molecule has 8 unspecified atom stereocenters. The standard InChI is InChI=1S/C31H40O10/c1-16-19(33)14-31(36)26(40-27(35)18-11-9-8-10-12-18)24-29(5,25(34)23(38-7)22(16)28(31,3)4)20(37-6)13-21-30(24,15-39-21)41-17(2)32/h8-12,19-21,23-24,26,33,36H,13-15H2,1-7H3/t19?,20?,21?,23?,24?,26?,29-,30?,31?/m1/s1. The predicted octanol–water partition coefficient (Wildman–Crippen LogP) is 2.39. The second-order valence-corrected chi connectivity index (χ2v) is 12.6. The molecule has 0 radical (unpaired) electrons. The van der Waals surface area contributed by atoms with E-state index < -0.39 is 70.4 Å². The van der Waals surface area contributed by atoms with Crippen LogP contribution < -0.4 is 0 Å². The van der Waals surface area contributed by atoms with E-state index in [1.54, 1.807) is 58.0 Å². The summed E-state index contributed by atoms with van der Waals surface area (Å²) in [5, 5.41) is 24.2. The Morgan fingerprint density at radius 2 is 1.73 bits per heavy atom. The molecule has 2 saturated carbocycles. The summed E-state index contributed by atoms with van der Waals surface area (Å²) in [6.07, 6.45) is -5.17. The second kappa shape index (κ2) is 9.98. The number of aliphatic hydroxyl groups excluding tert-OH is 1. The molecule has 3 aliphatic carbocycles. The maximum atomic E-state index is 14.9. The Morgan fingerprint density at radius 1 is 1.07 bits per heavy atom. The van der Waals surface area contributed by atoms with E-state index in [2.05, 4.69) is 0 Å². The minimum absolute atomic E-state index is 0.0704. The van der Waals surface area contributed by atoms with Gasteiger partial charge in [-0.3, -0.25) is 9.59 Å². The van der Waals surface area contributed by atoms with Crippen molar-refractivity contribution in [2.45, 2.75) is 89.2 Å². The molecule has 5 rings (SSSR count). The van der Waals surface area contributed by atoms with Gasteiger partial charge in [0.15, 0.2) is 11.4 Å². The monoisotopic (exact) mass is 572 g/mol. The lowest BCUT2D eigenvalue weighted by Gasteiger charge is -2.67. The van der Waals surface area contributed by atoms with E-state index in [1.807, 2.05) is 0 Å². The Kier molecular flexibility index (Phi) is 7.27. The highest BCUT2D eigenvalue weighted by molar-refractivity contribution is 5.94. The number of fused-ring (bicyclic) bond motifs is 5. The van der Waals surface area contributed by atoms with Gasteiger partial charge in [0, 0.05) is 39.4 Å². The first-order chi connectivity index (χ1) is 19.2. The second-order valence-electron chi connectivity index (χ2n) is 12.6. The van der Waals surface area contributed by atoms with E-state index in [0.717, 1.165) is 0 Å². The van der Waals surface area contributed by atoms with Crippen LogP contribution in [0.1, 0.15) is 57.8 Å². The molecule has 4 aliphatic rings. The number of aliphatic hydroxyl groups is 2. The third-order valence-corrected chi connectivity index (χ3v) is 10.4. The topological polar surface area (TPSA) is 138 Å². The molecule has 2 bridgehead atoms. The van der Waals surface area contributed by atoms with E-state index in [-0.39, 0.29) is 30.8 Å². The van der Waals surface area contributed by atoms with Gasteiger partial charge < -0.3 is 33.9 Å². The van der Waals surface area contributed by atoms with Crippen LogP contribution in [-0.2, 0) is 33.3 Å². The maximum Gasteiger partial charge on any atom is 0.338 e. The van der Waals surface area contributed by atoms with Gasteiger partial charge >= 0.3 is 11.9 Å². The largest absolute Gasteiger partial charge is 0.455 e. The van der Waals surface area contributed by atoms with Gasteiger partial charge in [-0.2, -0.15) is 0 Å². The van der Waals surface area contributed by atoms with Crippen LogP contribution in [0.25, 0.3) is 0 Å². The number of ether oxygens (including phenoxy) is 5. The fourth-order valence-corrected chi connectivity index (χ4v) is 8.17. The number of esters is 2. The smallest absolute Gasteiger partial charge is 0.338 e. The summed E-state index contributed by atoms with van der Waals surface area (Å²) >= 11 is 0. The van der Waals surface area contributed by atoms with E-state index in [1.165, 1.54) is 21.1 Å². The molecule has 224 valence electrons. The van der Waals surface area contributed by atoms with Crippen LogP contribution >= 0.6 is 0 Å². The zero-order valence-electron chi connectivity index (χ0n) is 24.6. The van der Waals surface area contributed by atoms with Crippen molar-refractivity contribution >= 4 is 17.7 Å². The molecular weight excluding hydrogens is 532 g/mol. The van der Waals surface area contributed by atoms with E-state index in [9.17, 15) is 24.6 Å². The molecule has 0 amide bonds. The molecule has 0 spiro atoms. The molecule has 2 N–H and O–H groups in total. The summed E-state index contributed by atoms with van der Waals surface area (Å²) in [4.78, 5) is 41.2. The van der Waals surface area contributed by atoms with Crippen molar-refractivity contribution in [1.82, 2.24) is 0 Å². The fourth-order valence-electron chi connectivity index (χ4n) is 8.17. The van der Waals surface area contributed by atoms with Crippen molar-refractivity contribution in [3.8, 4) is 0 Å². The van der Waals surface area contributed by atoms with Crippen LogP contribution in [-0.4, -0.2) is 90.5 Å². The molecule has 9 atom stereocenters. The Labute approximate surface area is 239 Å². The van der Waals surface area contributed by atoms with Gasteiger partial charge in [-0.15, -0.1) is 0 Å². The Hall–Kier alpha value is -2.63. The highest BCUT2D eigenvalue weighted by Crippen LogP contribution is 2.64.